The first kappa shape index (κ1) is 14.5. The lowest BCUT2D eigenvalue weighted by Gasteiger charge is -2.39. The summed E-state index contributed by atoms with van der Waals surface area (Å²) in [4.78, 5) is 2.55. The highest BCUT2D eigenvalue weighted by molar-refractivity contribution is 5.33. The second-order valence-electron chi connectivity index (χ2n) is 6.23. The first-order valence-electron chi connectivity index (χ1n) is 7.58. The minimum atomic E-state index is 0.474. The van der Waals surface area contributed by atoms with Crippen molar-refractivity contribution in [2.75, 3.05) is 20.6 Å². The third kappa shape index (κ3) is 3.37. The molecule has 2 atom stereocenters. The Hall–Kier alpha value is -0.860. The Balaban J connectivity index is 2.10. The summed E-state index contributed by atoms with van der Waals surface area (Å²) in [5.41, 5.74) is 3.02. The van der Waals surface area contributed by atoms with Crippen molar-refractivity contribution < 1.29 is 0 Å². The Morgan fingerprint density at radius 2 is 2.05 bits per heavy atom. The van der Waals surface area contributed by atoms with Gasteiger partial charge in [-0.05, 0) is 56.9 Å². The molecule has 1 aliphatic carbocycles. The Labute approximate surface area is 118 Å². The molecule has 2 heteroatoms. The zero-order valence-corrected chi connectivity index (χ0v) is 12.8. The molecule has 0 spiro atoms. The van der Waals surface area contributed by atoms with Gasteiger partial charge in [0.2, 0.25) is 0 Å². The maximum Gasteiger partial charge on any atom is 0.0478 e. The predicted octanol–water partition coefficient (Wildman–Crippen LogP) is 3.24. The molecule has 0 radical (unpaired) electrons. The molecule has 1 aliphatic rings. The van der Waals surface area contributed by atoms with Crippen molar-refractivity contribution in [2.24, 2.45) is 5.92 Å². The van der Waals surface area contributed by atoms with Crippen molar-refractivity contribution in [3.63, 3.8) is 0 Å². The van der Waals surface area contributed by atoms with Crippen molar-refractivity contribution in [2.45, 2.75) is 45.2 Å². The second kappa shape index (κ2) is 6.53. The monoisotopic (exact) mass is 260 g/mol. The van der Waals surface area contributed by atoms with Crippen LogP contribution in [-0.4, -0.2) is 31.6 Å². The van der Waals surface area contributed by atoms with E-state index in [0.29, 0.717) is 12.1 Å². The molecular weight excluding hydrogens is 232 g/mol. The van der Waals surface area contributed by atoms with Crippen LogP contribution in [0.25, 0.3) is 0 Å². The van der Waals surface area contributed by atoms with E-state index in [-0.39, 0.29) is 0 Å². The van der Waals surface area contributed by atoms with E-state index < -0.39 is 0 Å². The van der Waals surface area contributed by atoms with Gasteiger partial charge in [0.15, 0.2) is 0 Å². The van der Waals surface area contributed by atoms with Gasteiger partial charge in [0, 0.05) is 12.1 Å². The van der Waals surface area contributed by atoms with Gasteiger partial charge in [-0.15, -0.1) is 0 Å². The molecule has 2 rings (SSSR count). The molecule has 2 nitrogen and oxygen atoms in total. The molecule has 0 heterocycles. The molecule has 19 heavy (non-hydrogen) atoms. The molecule has 0 aliphatic heterocycles. The zero-order valence-electron chi connectivity index (χ0n) is 12.8. The number of nitrogens with zero attached hydrogens (tertiary/aromatic N) is 1. The summed E-state index contributed by atoms with van der Waals surface area (Å²) < 4.78 is 0. The molecule has 2 unspecified atom stereocenters. The first-order chi connectivity index (χ1) is 9.13. The Morgan fingerprint density at radius 1 is 1.32 bits per heavy atom. The number of rotatable bonds is 5. The van der Waals surface area contributed by atoms with E-state index in [2.05, 4.69) is 62.4 Å². The Kier molecular flexibility index (Phi) is 5.00. The smallest absolute Gasteiger partial charge is 0.0478 e. The van der Waals surface area contributed by atoms with Gasteiger partial charge in [-0.3, -0.25) is 0 Å². The number of hydrogen-bond donors (Lipinski definition) is 1. The number of aryl methyl sites for hydroxylation is 1. The minimum Gasteiger partial charge on any atom is -0.312 e. The van der Waals surface area contributed by atoms with Crippen molar-refractivity contribution >= 4 is 0 Å². The molecular formula is C17H28N2. The van der Waals surface area contributed by atoms with Crippen molar-refractivity contribution in [3.05, 3.63) is 35.4 Å². The van der Waals surface area contributed by atoms with Gasteiger partial charge >= 0.3 is 0 Å². The van der Waals surface area contributed by atoms with E-state index in [1.807, 2.05) is 0 Å². The van der Waals surface area contributed by atoms with Crippen LogP contribution in [0.4, 0.5) is 0 Å². The fourth-order valence-electron chi connectivity index (χ4n) is 3.19. The molecule has 0 bridgehead atoms. The summed E-state index contributed by atoms with van der Waals surface area (Å²) in [6, 6.07) is 10.00. The molecule has 1 N–H and O–H groups in total. The van der Waals surface area contributed by atoms with E-state index >= 15 is 0 Å². The van der Waals surface area contributed by atoms with Gasteiger partial charge < -0.3 is 10.2 Å². The lowest BCUT2D eigenvalue weighted by Crippen LogP contribution is -2.45. The van der Waals surface area contributed by atoms with Gasteiger partial charge in [-0.2, -0.15) is 0 Å². The van der Waals surface area contributed by atoms with Gasteiger partial charge in [0.25, 0.3) is 0 Å². The van der Waals surface area contributed by atoms with Crippen LogP contribution in [-0.2, 0) is 6.42 Å². The minimum absolute atomic E-state index is 0.474. The topological polar surface area (TPSA) is 15.3 Å². The van der Waals surface area contributed by atoms with Crippen molar-refractivity contribution in [3.8, 4) is 0 Å². The maximum absolute atomic E-state index is 3.54. The number of likely N-dealkylation sites (N-methyl/N-ethyl adjacent to an activating group) is 2. The molecule has 1 aromatic carbocycles. The molecule has 0 aromatic heterocycles. The highest BCUT2D eigenvalue weighted by Gasteiger charge is 2.30. The quantitative estimate of drug-likeness (QED) is 0.874. The van der Waals surface area contributed by atoms with Crippen LogP contribution >= 0.6 is 0 Å². The van der Waals surface area contributed by atoms with Gasteiger partial charge in [-0.25, -0.2) is 0 Å². The van der Waals surface area contributed by atoms with E-state index in [4.69, 9.17) is 0 Å². The normalized spacial score (nSPS) is 22.8. The molecule has 106 valence electrons. The third-order valence-corrected chi connectivity index (χ3v) is 4.42. The summed E-state index contributed by atoms with van der Waals surface area (Å²) >= 11 is 0. The van der Waals surface area contributed by atoms with Crippen LogP contribution in [0.2, 0.25) is 0 Å². The van der Waals surface area contributed by atoms with Crippen LogP contribution in [0.5, 0.6) is 0 Å². The first-order valence-corrected chi connectivity index (χ1v) is 7.58. The summed E-state index contributed by atoms with van der Waals surface area (Å²) in [6.45, 7) is 5.81. The van der Waals surface area contributed by atoms with E-state index in [0.717, 1.165) is 5.92 Å². The van der Waals surface area contributed by atoms with Crippen LogP contribution in [0.15, 0.2) is 24.3 Å². The second-order valence-corrected chi connectivity index (χ2v) is 6.23. The fourth-order valence-corrected chi connectivity index (χ4v) is 3.19. The molecule has 0 amide bonds. The van der Waals surface area contributed by atoms with Gasteiger partial charge in [-0.1, -0.05) is 38.1 Å². The van der Waals surface area contributed by atoms with E-state index in [9.17, 15) is 0 Å². The number of hydrogen-bond acceptors (Lipinski definition) is 2. The average Bonchev–Trinajstić information content (AvgIpc) is 2.43. The van der Waals surface area contributed by atoms with Crippen LogP contribution in [0.1, 0.15) is 43.9 Å². The maximum atomic E-state index is 3.54. The largest absolute Gasteiger partial charge is 0.312 e. The van der Waals surface area contributed by atoms with E-state index in [1.165, 1.54) is 36.9 Å². The number of nitrogens with one attached hydrogen (secondary N) is 1. The summed E-state index contributed by atoms with van der Waals surface area (Å²) in [5, 5.41) is 3.54. The average molecular weight is 260 g/mol. The van der Waals surface area contributed by atoms with Gasteiger partial charge in [0.05, 0.1) is 0 Å². The lowest BCUT2D eigenvalue weighted by atomic mass is 9.83. The van der Waals surface area contributed by atoms with Crippen LogP contribution in [0.3, 0.4) is 0 Å². The van der Waals surface area contributed by atoms with Crippen molar-refractivity contribution in [1.82, 2.24) is 10.2 Å². The molecule has 1 aromatic rings. The lowest BCUT2D eigenvalue weighted by molar-refractivity contribution is 0.169. The zero-order chi connectivity index (χ0) is 13.8. The summed E-state index contributed by atoms with van der Waals surface area (Å²) in [6.07, 6.45) is 3.76. The SMILES string of the molecule is CNC1c2ccccc2CCC1N(C)CCC(C)C. The van der Waals surface area contributed by atoms with Gasteiger partial charge in [0.1, 0.15) is 0 Å². The van der Waals surface area contributed by atoms with Crippen LogP contribution in [0, 0.1) is 5.92 Å². The molecule has 0 fully saturated rings. The standard InChI is InChI=1S/C17H28N2/c1-13(2)11-12-19(4)16-10-9-14-7-5-6-8-15(14)17(16)18-3/h5-8,13,16-18H,9-12H2,1-4H3. The Morgan fingerprint density at radius 3 is 2.74 bits per heavy atom. The number of fused-ring (bicyclic) bond motifs is 1. The van der Waals surface area contributed by atoms with E-state index in [1.54, 1.807) is 0 Å². The number of benzene rings is 1. The van der Waals surface area contributed by atoms with Crippen LogP contribution < -0.4 is 5.32 Å². The van der Waals surface area contributed by atoms with Crippen molar-refractivity contribution in [1.29, 1.82) is 0 Å². The molecule has 0 saturated carbocycles. The predicted molar refractivity (Wildman–Crippen MR) is 82.4 cm³/mol. The molecule has 0 saturated heterocycles. The Bertz CT molecular complexity index is 400. The highest BCUT2D eigenvalue weighted by Crippen LogP contribution is 2.32. The highest BCUT2D eigenvalue weighted by atomic mass is 15.2. The summed E-state index contributed by atoms with van der Waals surface area (Å²) in [5.74, 6) is 0.784. The summed E-state index contributed by atoms with van der Waals surface area (Å²) in [7, 11) is 4.38. The third-order valence-electron chi connectivity index (χ3n) is 4.42. The fraction of sp³-hybridized carbons (Fsp3) is 0.647.